The molecule has 0 atom stereocenters. The third kappa shape index (κ3) is 4.51. The molecule has 0 saturated heterocycles. The van der Waals surface area contributed by atoms with E-state index in [0.717, 1.165) is 5.56 Å². The highest BCUT2D eigenvalue weighted by Crippen LogP contribution is 2.27. The molecule has 0 spiro atoms. The van der Waals surface area contributed by atoms with Gasteiger partial charge in [0.1, 0.15) is 35.7 Å². The normalized spacial score (nSPS) is 11.5. The minimum atomic E-state index is -1.15. The van der Waals surface area contributed by atoms with Crippen LogP contribution < -0.4 is 14.9 Å². The standard InChI is InChI=1S/C25H22O7/c1-25(2,3)15-4-6-16(7-5-15)31-22-14-30-21-12-17(8-10-19(21)23(22)26)29-13-18-9-11-20(32-18)24(27)28/h4-12,14H,13H2,1-3H3,(H,27,28). The highest BCUT2D eigenvalue weighted by atomic mass is 16.5. The molecule has 0 fully saturated rings. The van der Waals surface area contributed by atoms with Crippen molar-refractivity contribution < 1.29 is 28.2 Å². The summed E-state index contributed by atoms with van der Waals surface area (Å²) in [4.78, 5) is 23.7. The van der Waals surface area contributed by atoms with Gasteiger partial charge in [-0.15, -0.1) is 0 Å². The summed E-state index contributed by atoms with van der Waals surface area (Å²) in [6, 6.07) is 15.3. The van der Waals surface area contributed by atoms with Crippen LogP contribution in [0, 0.1) is 0 Å². The summed E-state index contributed by atoms with van der Waals surface area (Å²) in [5, 5.41) is 9.25. The minimum absolute atomic E-state index is 0.0236. The predicted octanol–water partition coefficient (Wildman–Crippen LogP) is 5.75. The average Bonchev–Trinajstić information content (AvgIpc) is 3.23. The smallest absolute Gasteiger partial charge is 0.371 e. The molecule has 1 N–H and O–H groups in total. The lowest BCUT2D eigenvalue weighted by molar-refractivity contribution is 0.0658. The first-order valence-electron chi connectivity index (χ1n) is 9.99. The molecule has 32 heavy (non-hydrogen) atoms. The molecule has 4 aromatic rings. The lowest BCUT2D eigenvalue weighted by Gasteiger charge is -2.19. The van der Waals surface area contributed by atoms with Gasteiger partial charge in [0.15, 0.2) is 0 Å². The molecule has 0 saturated carbocycles. The molecule has 0 unspecified atom stereocenters. The maximum absolute atomic E-state index is 12.8. The van der Waals surface area contributed by atoms with Crippen molar-refractivity contribution in [3.05, 3.63) is 88.2 Å². The number of ether oxygens (including phenoxy) is 2. The van der Waals surface area contributed by atoms with Gasteiger partial charge < -0.3 is 23.4 Å². The van der Waals surface area contributed by atoms with Crippen LogP contribution in [0.15, 0.2) is 74.5 Å². The average molecular weight is 434 g/mol. The molecule has 0 amide bonds. The molecular formula is C25H22O7. The largest absolute Gasteiger partial charge is 0.486 e. The van der Waals surface area contributed by atoms with E-state index in [0.29, 0.717) is 28.2 Å². The van der Waals surface area contributed by atoms with Crippen LogP contribution in [0.25, 0.3) is 11.0 Å². The van der Waals surface area contributed by atoms with E-state index in [9.17, 15) is 9.59 Å². The number of furan rings is 1. The second-order valence-electron chi connectivity index (χ2n) is 8.32. The van der Waals surface area contributed by atoms with Crippen molar-refractivity contribution in [3.63, 3.8) is 0 Å². The van der Waals surface area contributed by atoms with Crippen LogP contribution in [0.1, 0.15) is 42.6 Å². The fourth-order valence-corrected chi connectivity index (χ4v) is 3.13. The maximum atomic E-state index is 12.8. The summed E-state index contributed by atoms with van der Waals surface area (Å²) in [6.07, 6.45) is 1.28. The second kappa shape index (κ2) is 8.26. The van der Waals surface area contributed by atoms with Gasteiger partial charge in [-0.2, -0.15) is 0 Å². The zero-order valence-corrected chi connectivity index (χ0v) is 17.9. The van der Waals surface area contributed by atoms with Crippen molar-refractivity contribution in [1.82, 2.24) is 0 Å². The Bertz CT molecular complexity index is 1320. The Morgan fingerprint density at radius 3 is 2.38 bits per heavy atom. The number of carbonyl (C=O) groups is 1. The summed E-state index contributed by atoms with van der Waals surface area (Å²) in [6.45, 7) is 6.41. The maximum Gasteiger partial charge on any atom is 0.371 e. The third-order valence-electron chi connectivity index (χ3n) is 4.92. The predicted molar refractivity (Wildman–Crippen MR) is 118 cm³/mol. The van der Waals surface area contributed by atoms with E-state index >= 15 is 0 Å². The van der Waals surface area contributed by atoms with Gasteiger partial charge in [0.05, 0.1) is 5.39 Å². The number of fused-ring (bicyclic) bond motifs is 1. The Hall–Kier alpha value is -4.00. The molecular weight excluding hydrogens is 412 g/mol. The van der Waals surface area contributed by atoms with E-state index in [2.05, 4.69) is 20.8 Å². The quantitative estimate of drug-likeness (QED) is 0.412. The Morgan fingerprint density at radius 2 is 1.72 bits per heavy atom. The van der Waals surface area contributed by atoms with Crippen LogP contribution in [0.3, 0.4) is 0 Å². The van der Waals surface area contributed by atoms with Crippen LogP contribution >= 0.6 is 0 Å². The lowest BCUT2D eigenvalue weighted by atomic mass is 9.87. The number of aromatic carboxylic acids is 1. The monoisotopic (exact) mass is 434 g/mol. The van der Waals surface area contributed by atoms with Crippen LogP contribution in [-0.2, 0) is 12.0 Å². The highest BCUT2D eigenvalue weighted by Gasteiger charge is 2.15. The fourth-order valence-electron chi connectivity index (χ4n) is 3.13. The SMILES string of the molecule is CC(C)(C)c1ccc(Oc2coc3cc(OCc4ccc(C(=O)O)o4)ccc3c2=O)cc1. The van der Waals surface area contributed by atoms with Gasteiger partial charge in [-0.25, -0.2) is 4.79 Å². The van der Waals surface area contributed by atoms with E-state index in [1.807, 2.05) is 24.3 Å². The first kappa shape index (κ1) is 21.2. The molecule has 0 radical (unpaired) electrons. The number of rotatable bonds is 6. The molecule has 0 aliphatic rings. The first-order chi connectivity index (χ1) is 15.2. The number of benzene rings is 2. The van der Waals surface area contributed by atoms with Crippen LogP contribution in [-0.4, -0.2) is 11.1 Å². The molecule has 0 aliphatic carbocycles. The fraction of sp³-hybridized carbons (Fsp3) is 0.200. The number of hydrogen-bond donors (Lipinski definition) is 1. The molecule has 4 rings (SSSR count). The Balaban J connectivity index is 1.50. The van der Waals surface area contributed by atoms with Gasteiger partial charge in [-0.1, -0.05) is 32.9 Å². The van der Waals surface area contributed by atoms with E-state index in [1.165, 1.54) is 18.4 Å². The van der Waals surface area contributed by atoms with Crippen LogP contribution in [0.5, 0.6) is 17.2 Å². The molecule has 2 aromatic carbocycles. The van der Waals surface area contributed by atoms with Crippen LogP contribution in [0.4, 0.5) is 0 Å². The van der Waals surface area contributed by atoms with E-state index < -0.39 is 5.97 Å². The highest BCUT2D eigenvalue weighted by molar-refractivity contribution is 5.84. The zero-order chi connectivity index (χ0) is 22.9. The molecule has 2 heterocycles. The molecule has 2 aromatic heterocycles. The van der Waals surface area contributed by atoms with Crippen molar-refractivity contribution in [2.75, 3.05) is 0 Å². The summed E-state index contributed by atoms with van der Waals surface area (Å²) >= 11 is 0. The summed E-state index contributed by atoms with van der Waals surface area (Å²) in [5.41, 5.74) is 1.23. The zero-order valence-electron chi connectivity index (χ0n) is 17.9. The number of carboxylic acids is 1. The molecule has 0 bridgehead atoms. The van der Waals surface area contributed by atoms with Crippen LogP contribution in [0.2, 0.25) is 0 Å². The Morgan fingerprint density at radius 1 is 1.00 bits per heavy atom. The van der Waals surface area contributed by atoms with Crippen molar-refractivity contribution in [2.24, 2.45) is 0 Å². The lowest BCUT2D eigenvalue weighted by Crippen LogP contribution is -2.10. The Kier molecular flexibility index (Phi) is 5.48. The topological polar surface area (TPSA) is 99.1 Å². The van der Waals surface area contributed by atoms with Gasteiger partial charge in [0, 0.05) is 6.07 Å². The molecule has 164 valence electrons. The van der Waals surface area contributed by atoms with E-state index in [-0.39, 0.29) is 29.0 Å². The number of carboxylic acid groups (broad SMARTS) is 1. The molecule has 7 nitrogen and oxygen atoms in total. The van der Waals surface area contributed by atoms with Gasteiger partial charge >= 0.3 is 5.97 Å². The van der Waals surface area contributed by atoms with Crippen molar-refractivity contribution in [1.29, 1.82) is 0 Å². The summed E-state index contributed by atoms with van der Waals surface area (Å²) in [7, 11) is 0. The minimum Gasteiger partial charge on any atom is -0.486 e. The van der Waals surface area contributed by atoms with E-state index in [1.54, 1.807) is 18.2 Å². The third-order valence-corrected chi connectivity index (χ3v) is 4.92. The van der Waals surface area contributed by atoms with Gasteiger partial charge in [-0.05, 0) is 47.4 Å². The summed E-state index contributed by atoms with van der Waals surface area (Å²) in [5.74, 6) is 0.140. The van der Waals surface area contributed by atoms with E-state index in [4.69, 9.17) is 23.4 Å². The molecule has 0 aliphatic heterocycles. The number of hydrogen-bond acceptors (Lipinski definition) is 6. The van der Waals surface area contributed by atoms with Gasteiger partial charge in [0.25, 0.3) is 0 Å². The second-order valence-corrected chi connectivity index (χ2v) is 8.32. The summed E-state index contributed by atoms with van der Waals surface area (Å²) < 4.78 is 22.1. The van der Waals surface area contributed by atoms with Crippen molar-refractivity contribution in [2.45, 2.75) is 32.8 Å². The first-order valence-corrected chi connectivity index (χ1v) is 9.99. The van der Waals surface area contributed by atoms with Crippen molar-refractivity contribution >= 4 is 16.9 Å². The van der Waals surface area contributed by atoms with Gasteiger partial charge in [-0.3, -0.25) is 4.79 Å². The van der Waals surface area contributed by atoms with Crippen molar-refractivity contribution in [3.8, 4) is 17.2 Å². The molecule has 7 heteroatoms. The van der Waals surface area contributed by atoms with Gasteiger partial charge in [0.2, 0.25) is 16.9 Å². The Labute approximate surface area is 183 Å².